The van der Waals surface area contributed by atoms with Crippen LogP contribution in [0.5, 0.6) is 0 Å². The van der Waals surface area contributed by atoms with Crippen molar-refractivity contribution in [2.45, 2.75) is 330 Å². The minimum atomic E-state index is -2.00. The van der Waals surface area contributed by atoms with Crippen LogP contribution in [-0.2, 0) is 92.4 Å². The Morgan fingerprint density at radius 1 is 0.455 bits per heavy atom. The molecule has 0 saturated carbocycles. The summed E-state index contributed by atoms with van der Waals surface area (Å²) in [5, 5.41) is 63.1. The van der Waals surface area contributed by atoms with Crippen molar-refractivity contribution < 1.29 is 120 Å². The van der Waals surface area contributed by atoms with Crippen LogP contribution >= 0.6 is 0 Å². The number of alkyl carbamates (subject to hydrolysis) is 5. The number of hydrogen-bond donors (Lipinski definition) is 18. The van der Waals surface area contributed by atoms with Gasteiger partial charge in [0, 0.05) is 45.7 Å². The maximum atomic E-state index is 15.4. The maximum absolute atomic E-state index is 15.4. The Labute approximate surface area is 720 Å². The lowest BCUT2D eigenvalue weighted by Crippen LogP contribution is -2.62. The monoisotopic (exact) mass is 1750 g/mol. The normalized spacial score (nSPS) is 20.0. The number of ether oxygens (including phenoxy) is 6. The summed E-state index contributed by atoms with van der Waals surface area (Å²) in [7, 11) is 0. The third-order valence-corrected chi connectivity index (χ3v) is 17.5. The second-order valence-corrected chi connectivity index (χ2v) is 35.6. The van der Waals surface area contributed by atoms with E-state index in [4.69, 9.17) is 28.4 Å². The van der Waals surface area contributed by atoms with Crippen molar-refractivity contribution in [3.05, 3.63) is 35.9 Å². The molecular formula is C82H138N16O25. The summed E-state index contributed by atoms with van der Waals surface area (Å²) in [6, 6.07) is -9.60. The van der Waals surface area contributed by atoms with Crippen LogP contribution in [-0.4, -0.2) is 258 Å². The first-order chi connectivity index (χ1) is 56.8. The van der Waals surface area contributed by atoms with Crippen LogP contribution in [0.1, 0.15) is 222 Å². The predicted octanol–water partition coefficient (Wildman–Crippen LogP) is 1.74. The van der Waals surface area contributed by atoms with E-state index in [0.29, 0.717) is 12.0 Å². The van der Waals surface area contributed by atoms with Gasteiger partial charge in [-0.15, -0.1) is 0 Å². The fraction of sp³-hybridized carbons (Fsp3) is 0.720. The number of amides is 16. The number of esters is 1. The Balaban J connectivity index is 3.12. The van der Waals surface area contributed by atoms with E-state index in [0.717, 1.165) is 13.8 Å². The second kappa shape index (κ2) is 51.3. The molecule has 0 aliphatic carbocycles. The summed E-state index contributed by atoms with van der Waals surface area (Å²) in [4.78, 5) is 241. The highest BCUT2D eigenvalue weighted by atomic mass is 16.6. The van der Waals surface area contributed by atoms with Crippen LogP contribution in [0.4, 0.5) is 24.0 Å². The van der Waals surface area contributed by atoms with Crippen molar-refractivity contribution in [1.82, 2.24) is 85.1 Å². The molecule has 14 atom stereocenters. The fourth-order valence-corrected chi connectivity index (χ4v) is 11.4. The number of carbonyl (C=O) groups is 17. The molecule has 1 aromatic rings. The third-order valence-electron chi connectivity index (χ3n) is 17.5. The van der Waals surface area contributed by atoms with Crippen molar-refractivity contribution in [3.8, 4) is 0 Å². The van der Waals surface area contributed by atoms with E-state index in [2.05, 4.69) is 85.1 Å². The number of hydrogen-bond acceptors (Lipinski definition) is 25. The standard InChI is InChI=1S/C82H138N16O25/c1-23-46(4)72(112)118-47(5)43-59(101)89-51(30-27-36-84-73(113)119-78(8,9)10)66(106)98-61(49(7)100)71(111)94-55(34-40-87-76(116)122-81(17,18)19)64(104)90-52-31-37-83-70(110)60(48(6)99)97-67(107)56(35-41-88-77(117)123-82(20,21)22)92-63(103)53(32-38-85-74(114)120-79(11,12)13)93-68(108)57(42-45(2)3)95-69(109)58(44-50-28-25-24-26-29-50)96-65(105)54(91-62(52)102)33-39-86-75(115)121-80(14,15)16/h24-26,28-29,45-49,51-58,60-61,99-100H,23,27,30-44H2,1-22H3,(H,83,110)(H,84,113)(H,85,114)(H,86,115)(H,87,116)(H,88,117)(H,89,101)(H,90,104)(H,91,102)(H,92,103)(H,93,108)(H,94,111)(H,95,109)(H,96,105)(H,97,107)(H,98,106)/t46?,47?,48-,49?,51-,52-,53-,54-,55-,56-,57-,58+,60-,61-/m0/s1. The molecule has 0 bridgehead atoms. The van der Waals surface area contributed by atoms with Gasteiger partial charge < -0.3 is 124 Å². The second-order valence-electron chi connectivity index (χ2n) is 35.6. The Bertz CT molecular complexity index is 3700. The van der Waals surface area contributed by atoms with E-state index in [1.165, 1.54) is 6.92 Å². The summed E-state index contributed by atoms with van der Waals surface area (Å²) in [6.45, 7) is 31.9. The SMILES string of the molecule is CCC(C)C(=O)OC(C)CC(=O)N[C@@H](CCCNC(=O)OC(C)(C)C)C(=O)N[C@H](C(=O)N[C@@H](CCNC(=O)OC(C)(C)C)C(=O)N[C@H]1CCNC(=O)[C@H]([C@H](C)O)NC(=O)[C@H](CCNC(=O)OC(C)(C)C)NC(=O)[C@H](CCNC(=O)OC(C)(C)C)NC(=O)[C@H](CC(C)C)NC(=O)[C@@H](Cc2ccccc2)NC(=O)[C@H](CCNC(=O)OC(C)(C)C)NC1=O)C(C)O. The zero-order valence-electron chi connectivity index (χ0n) is 75.4. The minimum absolute atomic E-state index is 0.00779. The topological polar surface area (TPSA) is 579 Å². The quantitative estimate of drug-likeness (QED) is 0.0265. The molecule has 696 valence electrons. The highest BCUT2D eigenvalue weighted by Gasteiger charge is 2.40. The average Bonchev–Trinajstić information content (AvgIpc) is 1.45. The molecule has 41 nitrogen and oxygen atoms in total. The average molecular weight is 1750 g/mol. The Kier molecular flexibility index (Phi) is 45.1. The molecule has 0 aromatic heterocycles. The Hall–Kier alpha value is -10.9. The Morgan fingerprint density at radius 2 is 0.854 bits per heavy atom. The van der Waals surface area contributed by atoms with Crippen molar-refractivity contribution >= 4 is 101 Å². The first-order valence-corrected chi connectivity index (χ1v) is 41.6. The molecule has 123 heavy (non-hydrogen) atoms. The number of aliphatic hydroxyl groups is 2. The van der Waals surface area contributed by atoms with Crippen molar-refractivity contribution in [1.29, 1.82) is 0 Å². The lowest BCUT2D eigenvalue weighted by molar-refractivity contribution is -0.154. The van der Waals surface area contributed by atoms with Crippen LogP contribution < -0.4 is 85.1 Å². The van der Waals surface area contributed by atoms with Gasteiger partial charge in [0.2, 0.25) is 65.0 Å². The first-order valence-electron chi connectivity index (χ1n) is 41.6. The molecule has 1 aliphatic rings. The van der Waals surface area contributed by atoms with Crippen LogP contribution in [0, 0.1) is 11.8 Å². The molecule has 3 unspecified atom stereocenters. The van der Waals surface area contributed by atoms with Gasteiger partial charge in [-0.25, -0.2) is 24.0 Å². The van der Waals surface area contributed by atoms with Gasteiger partial charge in [0.05, 0.1) is 24.5 Å². The number of aliphatic hydroxyl groups excluding tert-OH is 2. The molecule has 18 N–H and O–H groups in total. The predicted molar refractivity (Wildman–Crippen MR) is 448 cm³/mol. The van der Waals surface area contributed by atoms with Gasteiger partial charge in [-0.05, 0) is 194 Å². The molecule has 2 rings (SSSR count). The van der Waals surface area contributed by atoms with E-state index in [1.54, 1.807) is 162 Å². The van der Waals surface area contributed by atoms with Gasteiger partial charge in [0.15, 0.2) is 0 Å². The minimum Gasteiger partial charge on any atom is -0.462 e. The lowest BCUT2D eigenvalue weighted by Gasteiger charge is -2.29. The van der Waals surface area contributed by atoms with Gasteiger partial charge in [0.1, 0.15) is 94.5 Å². The smallest absolute Gasteiger partial charge is 0.407 e. The molecule has 16 amide bonds. The van der Waals surface area contributed by atoms with E-state index in [1.807, 2.05) is 0 Å². The van der Waals surface area contributed by atoms with Gasteiger partial charge in [-0.3, -0.25) is 57.5 Å². The molecular weight excluding hydrogens is 1610 g/mol. The number of rotatable bonds is 34. The van der Waals surface area contributed by atoms with Crippen LogP contribution in [0.15, 0.2) is 30.3 Å². The molecule has 0 radical (unpaired) electrons. The zero-order chi connectivity index (χ0) is 93.7. The third kappa shape index (κ3) is 46.3. The van der Waals surface area contributed by atoms with E-state index in [-0.39, 0.29) is 38.8 Å². The number of carbonyl (C=O) groups excluding carboxylic acids is 17. The molecule has 1 saturated heterocycles. The summed E-state index contributed by atoms with van der Waals surface area (Å²) < 4.78 is 32.4. The van der Waals surface area contributed by atoms with Gasteiger partial charge >= 0.3 is 36.4 Å². The molecule has 1 fully saturated rings. The van der Waals surface area contributed by atoms with Gasteiger partial charge in [-0.2, -0.15) is 0 Å². The number of nitrogens with one attached hydrogen (secondary N) is 16. The molecule has 0 spiro atoms. The lowest BCUT2D eigenvalue weighted by atomic mass is 10.00. The van der Waals surface area contributed by atoms with E-state index < -0.39 is 285 Å². The Morgan fingerprint density at radius 3 is 1.28 bits per heavy atom. The van der Waals surface area contributed by atoms with Crippen molar-refractivity contribution in [3.63, 3.8) is 0 Å². The van der Waals surface area contributed by atoms with Gasteiger partial charge in [-0.1, -0.05) is 58.0 Å². The van der Waals surface area contributed by atoms with Crippen LogP contribution in [0.3, 0.4) is 0 Å². The van der Waals surface area contributed by atoms with Crippen molar-refractivity contribution in [2.24, 2.45) is 11.8 Å². The maximum Gasteiger partial charge on any atom is 0.407 e. The molecule has 1 heterocycles. The summed E-state index contributed by atoms with van der Waals surface area (Å²) >= 11 is 0. The highest BCUT2D eigenvalue weighted by molar-refractivity contribution is 5.99. The zero-order valence-corrected chi connectivity index (χ0v) is 75.4. The molecule has 1 aromatic carbocycles. The van der Waals surface area contributed by atoms with E-state index in [9.17, 15) is 72.5 Å². The fourth-order valence-electron chi connectivity index (χ4n) is 11.4. The van der Waals surface area contributed by atoms with Gasteiger partial charge in [0.25, 0.3) is 0 Å². The van der Waals surface area contributed by atoms with Crippen molar-refractivity contribution in [2.75, 3.05) is 39.3 Å². The summed E-state index contributed by atoms with van der Waals surface area (Å²) in [5.41, 5.74) is -4.52. The summed E-state index contributed by atoms with van der Waals surface area (Å²) in [5.74, 6) is -13.7. The van der Waals surface area contributed by atoms with Crippen LogP contribution in [0.2, 0.25) is 0 Å². The number of benzene rings is 1. The molecule has 41 heteroatoms. The van der Waals surface area contributed by atoms with E-state index >= 15 is 19.2 Å². The van der Waals surface area contributed by atoms with Crippen LogP contribution in [0.25, 0.3) is 0 Å². The highest BCUT2D eigenvalue weighted by Crippen LogP contribution is 2.17. The first kappa shape index (κ1) is 108. The molecule has 1 aliphatic heterocycles. The summed E-state index contributed by atoms with van der Waals surface area (Å²) in [6.07, 6.45) is -12.6. The largest absolute Gasteiger partial charge is 0.462 e.